The largest absolute Gasteiger partial charge is 0.310 e. The molecule has 0 aromatic heterocycles. The third-order valence-corrected chi connectivity index (χ3v) is 9.81. The Morgan fingerprint density at radius 2 is 1.02 bits per heavy atom. The van der Waals surface area contributed by atoms with E-state index in [0.717, 1.165) is 44.3 Å². The standard InChI is InChI=1S/C49H37N/c1-49(2)47-18-9-8-17-45(47)46-30-29-44(33-48(46)49)50(42-25-21-36(22-26-42)34-11-4-3-5-12-34)43-27-23-37(24-28-43)39-15-10-16-40(31-39)41-20-19-35-13-6-7-14-38(35)32-41/h3-33H,1-2H3/i3D,4D,5D,11D,12D,21D,22D,25D,26D. The average Bonchev–Trinajstić information content (AvgIpc) is 3.49. The molecule has 0 atom stereocenters. The fourth-order valence-electron chi connectivity index (χ4n) is 7.21. The molecular formula is C49H37N. The maximum atomic E-state index is 9.43. The first-order valence-electron chi connectivity index (χ1n) is 21.2. The van der Waals surface area contributed by atoms with Gasteiger partial charge in [-0.25, -0.2) is 0 Å². The molecule has 50 heavy (non-hydrogen) atoms. The Hall–Kier alpha value is -6.18. The summed E-state index contributed by atoms with van der Waals surface area (Å²) < 4.78 is 79.0. The summed E-state index contributed by atoms with van der Waals surface area (Å²) >= 11 is 0. The highest BCUT2D eigenvalue weighted by Gasteiger charge is 2.35. The summed E-state index contributed by atoms with van der Waals surface area (Å²) in [5, 5.41) is 2.34. The Morgan fingerprint density at radius 3 is 1.82 bits per heavy atom. The van der Waals surface area contributed by atoms with Gasteiger partial charge in [-0.15, -0.1) is 0 Å². The second-order valence-corrected chi connectivity index (χ2v) is 13.1. The molecule has 0 radical (unpaired) electrons. The number of benzene rings is 8. The zero-order chi connectivity index (χ0) is 41.5. The molecular weight excluding hydrogens is 603 g/mol. The molecule has 0 saturated carbocycles. The van der Waals surface area contributed by atoms with E-state index in [4.69, 9.17) is 6.85 Å². The predicted molar refractivity (Wildman–Crippen MR) is 213 cm³/mol. The maximum absolute atomic E-state index is 9.43. The summed E-state index contributed by atoms with van der Waals surface area (Å²) in [6.07, 6.45) is 0. The molecule has 0 spiro atoms. The Labute approximate surface area is 307 Å². The summed E-state index contributed by atoms with van der Waals surface area (Å²) in [5.41, 5.74) is 8.63. The van der Waals surface area contributed by atoms with Crippen LogP contribution in [0.2, 0.25) is 0 Å². The fourth-order valence-corrected chi connectivity index (χ4v) is 7.21. The van der Waals surface area contributed by atoms with Gasteiger partial charge < -0.3 is 4.90 Å². The molecule has 0 saturated heterocycles. The van der Waals surface area contributed by atoms with E-state index in [0.29, 0.717) is 11.4 Å². The lowest BCUT2D eigenvalue weighted by Crippen LogP contribution is -2.16. The van der Waals surface area contributed by atoms with Gasteiger partial charge in [-0.3, -0.25) is 0 Å². The SMILES string of the molecule is [2H]c1c([2H])c([2H])c(-c2c([2H])c([2H])c(N(c3ccc(-c4cccc(-c5ccc6ccccc6c5)c4)cc3)c3ccc4c(c3)C(C)(C)c3ccccc3-4)c([2H])c2[2H])c([2H])c1[2H]. The maximum Gasteiger partial charge on any atom is 0.0645 e. The lowest BCUT2D eigenvalue weighted by atomic mass is 9.82. The number of hydrogen-bond acceptors (Lipinski definition) is 1. The topological polar surface area (TPSA) is 3.24 Å². The molecule has 238 valence electrons. The van der Waals surface area contributed by atoms with Crippen LogP contribution in [0.4, 0.5) is 17.1 Å². The van der Waals surface area contributed by atoms with Crippen molar-refractivity contribution in [1.82, 2.24) is 0 Å². The second kappa shape index (κ2) is 12.1. The molecule has 0 heterocycles. The van der Waals surface area contributed by atoms with E-state index in [2.05, 4.69) is 74.5 Å². The lowest BCUT2D eigenvalue weighted by Gasteiger charge is -2.28. The van der Waals surface area contributed by atoms with Gasteiger partial charge in [-0.1, -0.05) is 153 Å². The van der Waals surface area contributed by atoms with E-state index >= 15 is 0 Å². The van der Waals surface area contributed by atoms with Crippen molar-refractivity contribution in [2.75, 3.05) is 4.90 Å². The van der Waals surface area contributed by atoms with Crippen molar-refractivity contribution < 1.29 is 12.3 Å². The van der Waals surface area contributed by atoms with E-state index in [1.807, 2.05) is 72.8 Å². The van der Waals surface area contributed by atoms with Crippen molar-refractivity contribution in [2.45, 2.75) is 19.3 Å². The monoisotopic (exact) mass is 648 g/mol. The molecule has 1 aliphatic carbocycles. The second-order valence-electron chi connectivity index (χ2n) is 13.1. The minimum Gasteiger partial charge on any atom is -0.310 e. The quantitative estimate of drug-likeness (QED) is 0.173. The van der Waals surface area contributed by atoms with Crippen LogP contribution in [-0.2, 0) is 5.41 Å². The van der Waals surface area contributed by atoms with Crippen molar-refractivity contribution in [2.24, 2.45) is 0 Å². The van der Waals surface area contributed by atoms with Gasteiger partial charge >= 0.3 is 0 Å². The minimum absolute atomic E-state index is 0.0320. The van der Waals surface area contributed by atoms with Gasteiger partial charge in [-0.05, 0) is 115 Å². The highest BCUT2D eigenvalue weighted by atomic mass is 15.1. The number of nitrogens with zero attached hydrogens (tertiary/aromatic N) is 1. The molecule has 1 nitrogen and oxygen atoms in total. The number of hydrogen-bond donors (Lipinski definition) is 0. The lowest BCUT2D eigenvalue weighted by molar-refractivity contribution is 0.660. The van der Waals surface area contributed by atoms with Crippen LogP contribution in [0.5, 0.6) is 0 Å². The Kier molecular flexibility index (Phi) is 5.24. The summed E-state index contributed by atoms with van der Waals surface area (Å²) in [7, 11) is 0. The zero-order valence-electron chi connectivity index (χ0n) is 36.6. The molecule has 0 bridgehead atoms. The Morgan fingerprint density at radius 1 is 0.400 bits per heavy atom. The van der Waals surface area contributed by atoms with Crippen LogP contribution < -0.4 is 4.90 Å². The molecule has 9 rings (SSSR count). The highest BCUT2D eigenvalue weighted by Crippen LogP contribution is 2.50. The summed E-state index contributed by atoms with van der Waals surface area (Å²) in [6.45, 7) is 4.33. The van der Waals surface area contributed by atoms with Crippen molar-refractivity contribution in [3.63, 3.8) is 0 Å². The zero-order valence-corrected chi connectivity index (χ0v) is 27.6. The molecule has 0 unspecified atom stereocenters. The Balaban J connectivity index is 1.20. The third-order valence-electron chi connectivity index (χ3n) is 9.81. The van der Waals surface area contributed by atoms with Gasteiger partial charge in [0.25, 0.3) is 0 Å². The normalized spacial score (nSPS) is 15.3. The van der Waals surface area contributed by atoms with Crippen LogP contribution in [0.3, 0.4) is 0 Å². The molecule has 0 aliphatic heterocycles. The van der Waals surface area contributed by atoms with Crippen LogP contribution in [0.1, 0.15) is 37.3 Å². The molecule has 0 fully saturated rings. The van der Waals surface area contributed by atoms with E-state index < -0.39 is 54.4 Å². The van der Waals surface area contributed by atoms with Crippen molar-refractivity contribution >= 4 is 27.8 Å². The highest BCUT2D eigenvalue weighted by molar-refractivity contribution is 5.89. The molecule has 1 heteroatoms. The summed E-state index contributed by atoms with van der Waals surface area (Å²) in [6, 6.07) is 40.2. The summed E-state index contributed by atoms with van der Waals surface area (Å²) in [4.78, 5) is 1.72. The van der Waals surface area contributed by atoms with Crippen molar-refractivity contribution in [3.05, 3.63) is 199 Å². The van der Waals surface area contributed by atoms with Crippen molar-refractivity contribution in [3.8, 4) is 44.5 Å². The van der Waals surface area contributed by atoms with E-state index in [9.17, 15) is 5.48 Å². The van der Waals surface area contributed by atoms with Gasteiger partial charge in [0.1, 0.15) is 0 Å². The van der Waals surface area contributed by atoms with E-state index in [1.54, 1.807) is 4.90 Å². The minimum atomic E-state index is -0.617. The van der Waals surface area contributed by atoms with E-state index in [-0.39, 0.29) is 22.2 Å². The van der Waals surface area contributed by atoms with E-state index in [1.165, 1.54) is 10.9 Å². The number of fused-ring (bicyclic) bond motifs is 4. The van der Waals surface area contributed by atoms with Gasteiger partial charge in [0.15, 0.2) is 0 Å². The molecule has 8 aromatic carbocycles. The number of anilines is 3. The molecule has 0 amide bonds. The van der Waals surface area contributed by atoms with Crippen LogP contribution in [0, 0.1) is 0 Å². The van der Waals surface area contributed by atoms with Crippen molar-refractivity contribution in [1.29, 1.82) is 0 Å². The molecule has 0 N–H and O–H groups in total. The Bertz CT molecular complexity index is 2970. The fraction of sp³-hybridized carbons (Fsp3) is 0.0612. The predicted octanol–water partition coefficient (Wildman–Crippen LogP) is 13.6. The average molecular weight is 649 g/mol. The smallest absolute Gasteiger partial charge is 0.0645 e. The van der Waals surface area contributed by atoms with Gasteiger partial charge in [0.2, 0.25) is 0 Å². The number of rotatable bonds is 6. The first-order valence-corrected chi connectivity index (χ1v) is 16.7. The van der Waals surface area contributed by atoms with Crippen LogP contribution in [0.15, 0.2) is 188 Å². The van der Waals surface area contributed by atoms with Gasteiger partial charge in [0.05, 0.1) is 12.3 Å². The van der Waals surface area contributed by atoms with Crippen LogP contribution >= 0.6 is 0 Å². The summed E-state index contributed by atoms with van der Waals surface area (Å²) in [5.74, 6) is 0. The van der Waals surface area contributed by atoms with Crippen LogP contribution in [0.25, 0.3) is 55.3 Å². The molecule has 8 aromatic rings. The van der Waals surface area contributed by atoms with Gasteiger partial charge in [0, 0.05) is 22.5 Å². The first kappa shape index (κ1) is 21.7. The molecule has 1 aliphatic rings. The van der Waals surface area contributed by atoms with Crippen LogP contribution in [-0.4, -0.2) is 0 Å². The van der Waals surface area contributed by atoms with Gasteiger partial charge in [-0.2, -0.15) is 0 Å². The first-order chi connectivity index (χ1) is 28.3. The third kappa shape index (κ3) is 5.19.